The van der Waals surface area contributed by atoms with Crippen LogP contribution in [0.2, 0.25) is 0 Å². The van der Waals surface area contributed by atoms with Crippen molar-refractivity contribution in [1.29, 1.82) is 0 Å². The van der Waals surface area contributed by atoms with Crippen molar-refractivity contribution in [2.24, 2.45) is 0 Å². The van der Waals surface area contributed by atoms with Gasteiger partial charge in [-0.05, 0) is 54.6 Å². The first-order valence-corrected chi connectivity index (χ1v) is 13.4. The Kier molecular flexibility index (Phi) is 6.88. The number of likely N-dealkylation sites (N-methyl/N-ethyl adjacent to an activating group) is 2. The predicted molar refractivity (Wildman–Crippen MR) is 155 cm³/mol. The number of para-hydroxylation sites is 1. The fraction of sp³-hybridized carbons (Fsp3) is 0.219. The van der Waals surface area contributed by atoms with Crippen LogP contribution in [0.3, 0.4) is 0 Å². The second kappa shape index (κ2) is 10.7. The first-order chi connectivity index (χ1) is 19.8. The van der Waals surface area contributed by atoms with E-state index in [2.05, 4.69) is 16.3 Å². The highest BCUT2D eigenvalue weighted by atomic mass is 19.1. The lowest BCUT2D eigenvalue weighted by Gasteiger charge is -2.29. The SMILES string of the molecule is CN(CCc1cc2ccccc2o1)Cc1cc2c3c(c1)c(=O)c(C(=O)NCc1ccc(F)cc1)cn3CC(=O)N2C. The van der Waals surface area contributed by atoms with Crippen LogP contribution >= 0.6 is 0 Å². The topological polar surface area (TPSA) is 87.8 Å². The van der Waals surface area contributed by atoms with Gasteiger partial charge in [0.1, 0.15) is 29.3 Å². The summed E-state index contributed by atoms with van der Waals surface area (Å²) in [7, 11) is 3.69. The summed E-state index contributed by atoms with van der Waals surface area (Å²) >= 11 is 0. The average molecular weight is 553 g/mol. The van der Waals surface area contributed by atoms with Crippen LogP contribution in [0.5, 0.6) is 0 Å². The molecule has 6 rings (SSSR count). The summed E-state index contributed by atoms with van der Waals surface area (Å²) in [6.45, 7) is 1.42. The number of amides is 2. The van der Waals surface area contributed by atoms with E-state index in [-0.39, 0.29) is 30.4 Å². The summed E-state index contributed by atoms with van der Waals surface area (Å²) in [4.78, 5) is 43.3. The van der Waals surface area contributed by atoms with Gasteiger partial charge in [0.15, 0.2) is 0 Å². The largest absolute Gasteiger partial charge is 0.461 e. The Morgan fingerprint density at radius 2 is 1.83 bits per heavy atom. The lowest BCUT2D eigenvalue weighted by atomic mass is 10.0. The lowest BCUT2D eigenvalue weighted by Crippen LogP contribution is -2.37. The Balaban J connectivity index is 1.27. The zero-order valence-corrected chi connectivity index (χ0v) is 22.8. The summed E-state index contributed by atoms with van der Waals surface area (Å²) in [5.74, 6) is -0.161. The van der Waals surface area contributed by atoms with Crippen LogP contribution in [-0.2, 0) is 30.8 Å². The molecular formula is C32H29FN4O4. The van der Waals surface area contributed by atoms with Crippen molar-refractivity contribution in [3.8, 4) is 0 Å². The molecule has 3 heterocycles. The lowest BCUT2D eigenvalue weighted by molar-refractivity contribution is -0.119. The van der Waals surface area contributed by atoms with E-state index in [0.29, 0.717) is 28.7 Å². The third kappa shape index (κ3) is 5.24. The molecular weight excluding hydrogens is 523 g/mol. The zero-order chi connectivity index (χ0) is 28.7. The van der Waals surface area contributed by atoms with E-state index in [4.69, 9.17) is 4.42 Å². The van der Waals surface area contributed by atoms with Crippen molar-refractivity contribution in [3.05, 3.63) is 111 Å². The highest BCUT2D eigenvalue weighted by molar-refractivity contribution is 6.07. The van der Waals surface area contributed by atoms with Gasteiger partial charge in [-0.3, -0.25) is 14.4 Å². The fourth-order valence-corrected chi connectivity index (χ4v) is 5.33. The first-order valence-electron chi connectivity index (χ1n) is 13.4. The van der Waals surface area contributed by atoms with Gasteiger partial charge >= 0.3 is 0 Å². The van der Waals surface area contributed by atoms with Gasteiger partial charge in [-0.1, -0.05) is 30.3 Å². The Bertz CT molecular complexity index is 1830. The van der Waals surface area contributed by atoms with Crippen LogP contribution in [0.15, 0.2) is 82.1 Å². The third-order valence-corrected chi connectivity index (χ3v) is 7.53. The van der Waals surface area contributed by atoms with Gasteiger partial charge in [0.2, 0.25) is 11.3 Å². The fourth-order valence-electron chi connectivity index (χ4n) is 5.33. The van der Waals surface area contributed by atoms with E-state index < -0.39 is 11.3 Å². The van der Waals surface area contributed by atoms with Crippen LogP contribution in [0.25, 0.3) is 21.9 Å². The molecule has 9 heteroatoms. The maximum absolute atomic E-state index is 13.6. The van der Waals surface area contributed by atoms with E-state index in [1.54, 1.807) is 28.6 Å². The van der Waals surface area contributed by atoms with Gasteiger partial charge < -0.3 is 24.1 Å². The number of rotatable bonds is 8. The second-order valence-electron chi connectivity index (χ2n) is 10.5. The molecule has 0 atom stereocenters. The quantitative estimate of drug-likeness (QED) is 0.307. The normalized spacial score (nSPS) is 13.0. The molecule has 2 amide bonds. The molecule has 1 aliphatic heterocycles. The van der Waals surface area contributed by atoms with Crippen molar-refractivity contribution >= 4 is 39.4 Å². The van der Waals surface area contributed by atoms with Crippen LogP contribution in [0.4, 0.5) is 10.1 Å². The van der Waals surface area contributed by atoms with E-state index in [1.165, 1.54) is 18.3 Å². The Morgan fingerprint density at radius 3 is 2.61 bits per heavy atom. The molecule has 0 radical (unpaired) electrons. The molecule has 41 heavy (non-hydrogen) atoms. The minimum absolute atomic E-state index is 0.0231. The molecule has 3 aromatic carbocycles. The van der Waals surface area contributed by atoms with Gasteiger partial charge in [-0.15, -0.1) is 0 Å². The molecule has 0 saturated carbocycles. The van der Waals surface area contributed by atoms with Crippen molar-refractivity contribution in [2.75, 3.05) is 25.5 Å². The number of anilines is 1. The van der Waals surface area contributed by atoms with Crippen LogP contribution < -0.4 is 15.6 Å². The molecule has 208 valence electrons. The number of nitrogens with one attached hydrogen (secondary N) is 1. The molecule has 5 aromatic rings. The minimum Gasteiger partial charge on any atom is -0.461 e. The maximum Gasteiger partial charge on any atom is 0.257 e. The van der Waals surface area contributed by atoms with Gasteiger partial charge in [0, 0.05) is 50.1 Å². The highest BCUT2D eigenvalue weighted by Crippen LogP contribution is 2.31. The highest BCUT2D eigenvalue weighted by Gasteiger charge is 2.27. The smallest absolute Gasteiger partial charge is 0.257 e. The van der Waals surface area contributed by atoms with E-state index in [9.17, 15) is 18.8 Å². The summed E-state index contributed by atoms with van der Waals surface area (Å²) in [5.41, 5.74) is 3.24. The Morgan fingerprint density at radius 1 is 1.05 bits per heavy atom. The van der Waals surface area contributed by atoms with Gasteiger partial charge in [-0.25, -0.2) is 4.39 Å². The molecule has 2 aromatic heterocycles. The number of carbonyl (C=O) groups is 2. The molecule has 1 aliphatic rings. The zero-order valence-electron chi connectivity index (χ0n) is 22.8. The van der Waals surface area contributed by atoms with Crippen molar-refractivity contribution in [3.63, 3.8) is 0 Å². The van der Waals surface area contributed by atoms with Crippen molar-refractivity contribution < 1.29 is 18.4 Å². The Hall–Kier alpha value is -4.76. The number of fused-ring (bicyclic) bond motifs is 1. The Labute approximate surface area is 235 Å². The monoisotopic (exact) mass is 552 g/mol. The molecule has 0 saturated heterocycles. The van der Waals surface area contributed by atoms with Crippen LogP contribution in [0, 0.1) is 5.82 Å². The van der Waals surface area contributed by atoms with E-state index in [0.717, 1.165) is 35.3 Å². The standard InChI is InChI=1S/C32H29FN4O4/c1-35(12-11-24-15-22-5-3-4-6-28(22)41-24)17-21-13-25-30-27(14-21)36(2)29(38)19-37(30)18-26(31(25)39)32(40)34-16-20-7-9-23(33)10-8-20/h3-10,13-15,18H,11-12,16-17,19H2,1-2H3,(H,34,40). The van der Waals surface area contributed by atoms with Gasteiger partial charge in [0.05, 0.1) is 11.2 Å². The third-order valence-electron chi connectivity index (χ3n) is 7.53. The number of carbonyl (C=O) groups excluding carboxylic acids is 2. The van der Waals surface area contributed by atoms with Gasteiger partial charge in [0.25, 0.3) is 5.91 Å². The van der Waals surface area contributed by atoms with Crippen molar-refractivity contribution in [2.45, 2.75) is 26.1 Å². The number of hydrogen-bond donors (Lipinski definition) is 1. The van der Waals surface area contributed by atoms with Crippen LogP contribution in [-0.4, -0.2) is 41.9 Å². The molecule has 8 nitrogen and oxygen atoms in total. The van der Waals surface area contributed by atoms with E-state index >= 15 is 0 Å². The first kappa shape index (κ1) is 26.5. The average Bonchev–Trinajstić information content (AvgIpc) is 3.39. The second-order valence-corrected chi connectivity index (χ2v) is 10.5. The molecule has 0 fully saturated rings. The number of aromatic nitrogens is 1. The molecule has 0 bridgehead atoms. The maximum atomic E-state index is 13.6. The number of halogens is 1. The van der Waals surface area contributed by atoms with Crippen molar-refractivity contribution in [1.82, 2.24) is 14.8 Å². The summed E-state index contributed by atoms with van der Waals surface area (Å²) in [6.07, 6.45) is 2.17. The number of pyridine rings is 1. The number of benzene rings is 3. The summed E-state index contributed by atoms with van der Waals surface area (Å²) in [5, 5.41) is 4.20. The summed E-state index contributed by atoms with van der Waals surface area (Å²) in [6, 6.07) is 19.5. The van der Waals surface area contributed by atoms with E-state index in [1.807, 2.05) is 43.4 Å². The van der Waals surface area contributed by atoms with Gasteiger partial charge in [-0.2, -0.15) is 0 Å². The molecule has 1 N–H and O–H groups in total. The summed E-state index contributed by atoms with van der Waals surface area (Å²) < 4.78 is 20.9. The number of nitrogens with zero attached hydrogens (tertiary/aromatic N) is 3. The predicted octanol–water partition coefficient (Wildman–Crippen LogP) is 4.47. The minimum atomic E-state index is -0.550. The molecule has 0 spiro atoms. The number of furan rings is 1. The molecule has 0 aliphatic carbocycles. The number of hydrogen-bond acceptors (Lipinski definition) is 5. The van der Waals surface area contributed by atoms with Crippen LogP contribution in [0.1, 0.15) is 27.2 Å². The molecule has 0 unspecified atom stereocenters.